The van der Waals surface area contributed by atoms with Crippen molar-refractivity contribution in [1.82, 2.24) is 0 Å². The Bertz CT molecular complexity index is 812. The van der Waals surface area contributed by atoms with Gasteiger partial charge in [-0.2, -0.15) is 0 Å². The minimum Gasteiger partial charge on any atom is -0.398 e. The van der Waals surface area contributed by atoms with Crippen molar-refractivity contribution in [1.29, 1.82) is 0 Å². The monoisotopic (exact) mass is 440 g/mol. The van der Waals surface area contributed by atoms with Crippen molar-refractivity contribution in [3.8, 4) is 0 Å². The summed E-state index contributed by atoms with van der Waals surface area (Å²) in [6.45, 7) is 1.60. The highest BCUT2D eigenvalue weighted by atomic mass is 127. The van der Waals surface area contributed by atoms with Crippen LogP contribution in [-0.4, -0.2) is 8.42 Å². The molecule has 21 heavy (non-hydrogen) atoms. The van der Waals surface area contributed by atoms with Gasteiger partial charge in [-0.15, -0.1) is 0 Å². The molecule has 0 spiro atoms. The molecule has 0 saturated carbocycles. The summed E-state index contributed by atoms with van der Waals surface area (Å²) >= 11 is 7.75. The quantitative estimate of drug-likeness (QED) is 0.564. The van der Waals surface area contributed by atoms with Crippen molar-refractivity contribution < 1.29 is 12.8 Å². The van der Waals surface area contributed by atoms with Crippen molar-refractivity contribution in [3.05, 3.63) is 50.3 Å². The summed E-state index contributed by atoms with van der Waals surface area (Å²) in [6, 6.07) is 6.85. The molecule has 0 radical (unpaired) electrons. The van der Waals surface area contributed by atoms with Crippen LogP contribution in [0.2, 0.25) is 5.02 Å². The van der Waals surface area contributed by atoms with Crippen LogP contribution in [0.15, 0.2) is 35.2 Å². The van der Waals surface area contributed by atoms with E-state index < -0.39 is 20.7 Å². The Morgan fingerprint density at radius 1 is 1.29 bits per heavy atom. The smallest absolute Gasteiger partial charge is 0.264 e. The normalized spacial score (nSPS) is 11.4. The number of hydrogen-bond acceptors (Lipinski definition) is 3. The van der Waals surface area contributed by atoms with E-state index in [1.54, 1.807) is 19.1 Å². The second-order valence-corrected chi connectivity index (χ2v) is 7.62. The molecule has 0 aliphatic rings. The van der Waals surface area contributed by atoms with Gasteiger partial charge in [0.1, 0.15) is 10.7 Å². The Labute approximate surface area is 140 Å². The number of nitrogen functional groups attached to an aromatic ring is 1. The molecule has 0 saturated heterocycles. The largest absolute Gasteiger partial charge is 0.398 e. The third kappa shape index (κ3) is 3.58. The molecule has 8 heteroatoms. The van der Waals surface area contributed by atoms with Gasteiger partial charge in [0, 0.05) is 14.3 Å². The number of nitrogens with two attached hydrogens (primary N) is 1. The fourth-order valence-electron chi connectivity index (χ4n) is 1.65. The van der Waals surface area contributed by atoms with E-state index in [9.17, 15) is 12.8 Å². The lowest BCUT2D eigenvalue weighted by molar-refractivity contribution is 0.570. The Morgan fingerprint density at radius 2 is 1.95 bits per heavy atom. The molecule has 0 aliphatic carbocycles. The number of anilines is 2. The SMILES string of the molecule is Cc1cc(F)c(S(=O)(=O)Nc2ccc(Cl)cc2I)cc1N. The van der Waals surface area contributed by atoms with E-state index in [-0.39, 0.29) is 5.69 Å². The Kier molecular flexibility index (Phi) is 4.64. The van der Waals surface area contributed by atoms with E-state index in [1.807, 2.05) is 22.6 Å². The highest BCUT2D eigenvalue weighted by Gasteiger charge is 2.21. The maximum atomic E-state index is 13.9. The first kappa shape index (κ1) is 16.3. The second-order valence-electron chi connectivity index (χ2n) is 4.37. The molecule has 0 heterocycles. The highest BCUT2D eigenvalue weighted by Crippen LogP contribution is 2.27. The molecule has 0 amide bonds. The zero-order valence-electron chi connectivity index (χ0n) is 10.8. The predicted octanol–water partition coefficient (Wildman–Crippen LogP) is 3.78. The topological polar surface area (TPSA) is 72.2 Å². The number of aryl methyl sites for hydroxylation is 1. The fourth-order valence-corrected chi connectivity index (χ4v) is 4.01. The third-order valence-electron chi connectivity index (χ3n) is 2.79. The Balaban J connectivity index is 2.46. The molecule has 0 aromatic heterocycles. The zero-order valence-corrected chi connectivity index (χ0v) is 14.6. The zero-order chi connectivity index (χ0) is 15.8. The van der Waals surface area contributed by atoms with E-state index >= 15 is 0 Å². The molecule has 0 fully saturated rings. The van der Waals surface area contributed by atoms with Crippen LogP contribution in [-0.2, 0) is 10.0 Å². The summed E-state index contributed by atoms with van der Waals surface area (Å²) in [6.07, 6.45) is 0. The van der Waals surface area contributed by atoms with Crippen LogP contribution in [0.5, 0.6) is 0 Å². The lowest BCUT2D eigenvalue weighted by atomic mass is 10.2. The molecule has 2 rings (SSSR count). The molecule has 0 aliphatic heterocycles. The molecule has 0 bridgehead atoms. The maximum absolute atomic E-state index is 13.9. The molecular formula is C13H11ClFIN2O2S. The van der Waals surface area contributed by atoms with Crippen LogP contribution in [0.1, 0.15) is 5.56 Å². The van der Waals surface area contributed by atoms with E-state index in [1.165, 1.54) is 6.07 Å². The van der Waals surface area contributed by atoms with Gasteiger partial charge < -0.3 is 5.73 Å². The van der Waals surface area contributed by atoms with Crippen LogP contribution in [0.3, 0.4) is 0 Å². The van der Waals surface area contributed by atoms with Gasteiger partial charge >= 0.3 is 0 Å². The average molecular weight is 441 g/mol. The summed E-state index contributed by atoms with van der Waals surface area (Å²) in [5.74, 6) is -0.849. The van der Waals surface area contributed by atoms with Crippen molar-refractivity contribution in [3.63, 3.8) is 0 Å². The molecule has 0 unspecified atom stereocenters. The molecule has 112 valence electrons. The van der Waals surface area contributed by atoms with Crippen LogP contribution >= 0.6 is 34.2 Å². The highest BCUT2D eigenvalue weighted by molar-refractivity contribution is 14.1. The fraction of sp³-hybridized carbons (Fsp3) is 0.0769. The number of rotatable bonds is 3. The van der Waals surface area contributed by atoms with Gasteiger partial charge in [-0.05, 0) is 65.4 Å². The maximum Gasteiger partial charge on any atom is 0.264 e. The number of halogens is 3. The lowest BCUT2D eigenvalue weighted by Crippen LogP contribution is -2.16. The van der Waals surface area contributed by atoms with Crippen LogP contribution in [0, 0.1) is 16.3 Å². The Hall–Kier alpha value is -1.06. The third-order valence-corrected chi connectivity index (χ3v) is 5.29. The molecule has 2 aromatic carbocycles. The first-order chi connectivity index (χ1) is 9.70. The van der Waals surface area contributed by atoms with Crippen molar-refractivity contribution in [2.75, 3.05) is 10.5 Å². The Morgan fingerprint density at radius 3 is 2.57 bits per heavy atom. The number of hydrogen-bond donors (Lipinski definition) is 2. The van der Waals surface area contributed by atoms with Crippen LogP contribution < -0.4 is 10.5 Å². The van der Waals surface area contributed by atoms with E-state index in [2.05, 4.69) is 4.72 Å². The summed E-state index contributed by atoms with van der Waals surface area (Å²) in [5, 5.41) is 0.480. The van der Waals surface area contributed by atoms with Crippen LogP contribution in [0.25, 0.3) is 0 Å². The molecule has 2 aromatic rings. The number of nitrogens with one attached hydrogen (secondary N) is 1. The van der Waals surface area contributed by atoms with Gasteiger partial charge in [0.2, 0.25) is 0 Å². The summed E-state index contributed by atoms with van der Waals surface area (Å²) in [5.41, 5.74) is 6.66. The molecule has 3 N–H and O–H groups in total. The van der Waals surface area contributed by atoms with Gasteiger partial charge in [-0.25, -0.2) is 12.8 Å². The van der Waals surface area contributed by atoms with Gasteiger partial charge in [0.25, 0.3) is 10.0 Å². The number of benzene rings is 2. The van der Waals surface area contributed by atoms with Gasteiger partial charge in [0.15, 0.2) is 0 Å². The van der Waals surface area contributed by atoms with Crippen molar-refractivity contribution in [2.24, 2.45) is 0 Å². The average Bonchev–Trinajstić information content (AvgIpc) is 2.37. The van der Waals surface area contributed by atoms with Gasteiger partial charge in [0.05, 0.1) is 5.69 Å². The van der Waals surface area contributed by atoms with Crippen LogP contribution in [0.4, 0.5) is 15.8 Å². The van der Waals surface area contributed by atoms with Gasteiger partial charge in [-0.3, -0.25) is 4.72 Å². The summed E-state index contributed by atoms with van der Waals surface area (Å²) in [4.78, 5) is -0.489. The summed E-state index contributed by atoms with van der Waals surface area (Å²) < 4.78 is 41.4. The van der Waals surface area contributed by atoms with E-state index in [0.29, 0.717) is 19.8 Å². The second kappa shape index (κ2) is 5.98. The van der Waals surface area contributed by atoms with Crippen molar-refractivity contribution >= 4 is 55.6 Å². The first-order valence-electron chi connectivity index (χ1n) is 5.74. The van der Waals surface area contributed by atoms with E-state index in [4.69, 9.17) is 17.3 Å². The van der Waals surface area contributed by atoms with Gasteiger partial charge in [-0.1, -0.05) is 11.6 Å². The minimum absolute atomic E-state index is 0.211. The van der Waals surface area contributed by atoms with E-state index in [0.717, 1.165) is 12.1 Å². The lowest BCUT2D eigenvalue weighted by Gasteiger charge is -2.12. The number of sulfonamides is 1. The molecular weight excluding hydrogens is 430 g/mol. The predicted molar refractivity (Wildman–Crippen MR) is 90.5 cm³/mol. The van der Waals surface area contributed by atoms with Crippen molar-refractivity contribution in [2.45, 2.75) is 11.8 Å². The summed E-state index contributed by atoms with van der Waals surface area (Å²) in [7, 11) is -4.07. The molecule has 0 atom stereocenters. The standard InChI is InChI=1S/C13H11ClFIN2O2S/c1-7-4-9(15)13(6-11(7)17)21(19,20)18-12-3-2-8(14)5-10(12)16/h2-6,18H,17H2,1H3. The molecule has 4 nitrogen and oxygen atoms in total. The first-order valence-corrected chi connectivity index (χ1v) is 8.68. The minimum atomic E-state index is -4.07.